The Morgan fingerprint density at radius 2 is 1.68 bits per heavy atom. The molecule has 19 heavy (non-hydrogen) atoms. The lowest BCUT2D eigenvalue weighted by atomic mass is 9.78. The van der Waals surface area contributed by atoms with Gasteiger partial charge in [-0.25, -0.2) is 9.18 Å². The molecular formula is C12H12F4O3. The predicted octanol–water partition coefficient (Wildman–Crippen LogP) is 2.57. The van der Waals surface area contributed by atoms with E-state index in [1.54, 1.807) is 0 Å². The molecule has 0 bridgehead atoms. The highest BCUT2D eigenvalue weighted by Gasteiger charge is 2.41. The quantitative estimate of drug-likeness (QED) is 0.837. The van der Waals surface area contributed by atoms with Gasteiger partial charge in [0.25, 0.3) is 0 Å². The van der Waals surface area contributed by atoms with Crippen LogP contribution in [0.15, 0.2) is 18.2 Å². The third-order valence-electron chi connectivity index (χ3n) is 2.92. The number of alkyl halides is 3. The molecule has 7 heteroatoms. The molecule has 0 saturated heterocycles. The highest BCUT2D eigenvalue weighted by molar-refractivity contribution is 5.74. The normalized spacial score (nSPS) is 14.3. The first-order chi connectivity index (χ1) is 8.49. The zero-order valence-electron chi connectivity index (χ0n) is 10.1. The molecule has 2 N–H and O–H groups in total. The average molecular weight is 280 g/mol. The van der Waals surface area contributed by atoms with Crippen LogP contribution in [0.25, 0.3) is 0 Å². The van der Waals surface area contributed by atoms with Crippen LogP contribution in [0.2, 0.25) is 0 Å². The SMILES string of the molecule is CC(C)(c1cccc(C(F)(F)F)c1F)C(O)C(=O)O. The molecule has 0 fully saturated rings. The summed E-state index contributed by atoms with van der Waals surface area (Å²) in [6.07, 6.45) is -6.91. The molecule has 1 aromatic rings. The van der Waals surface area contributed by atoms with E-state index in [0.717, 1.165) is 26.0 Å². The predicted molar refractivity (Wildman–Crippen MR) is 58.1 cm³/mol. The zero-order chi connectivity index (χ0) is 15.0. The third-order valence-corrected chi connectivity index (χ3v) is 2.92. The Kier molecular flexibility index (Phi) is 3.90. The van der Waals surface area contributed by atoms with Crippen molar-refractivity contribution < 1.29 is 32.6 Å². The van der Waals surface area contributed by atoms with Gasteiger partial charge in [0, 0.05) is 5.41 Å². The van der Waals surface area contributed by atoms with E-state index in [9.17, 15) is 27.5 Å². The molecule has 0 aliphatic heterocycles. The molecule has 0 aliphatic carbocycles. The molecule has 0 saturated carbocycles. The second-order valence-corrected chi connectivity index (χ2v) is 4.63. The Hall–Kier alpha value is -1.63. The van der Waals surface area contributed by atoms with Gasteiger partial charge in [-0.2, -0.15) is 13.2 Å². The van der Waals surface area contributed by atoms with Crippen LogP contribution in [0, 0.1) is 5.82 Å². The van der Waals surface area contributed by atoms with Gasteiger partial charge in [-0.1, -0.05) is 26.0 Å². The number of benzene rings is 1. The molecule has 3 nitrogen and oxygen atoms in total. The molecule has 0 heterocycles. The number of carbonyl (C=O) groups is 1. The zero-order valence-corrected chi connectivity index (χ0v) is 10.1. The molecule has 0 amide bonds. The number of aliphatic hydroxyl groups is 1. The lowest BCUT2D eigenvalue weighted by Crippen LogP contribution is -2.40. The van der Waals surface area contributed by atoms with Crippen molar-refractivity contribution in [3.8, 4) is 0 Å². The summed E-state index contributed by atoms with van der Waals surface area (Å²) >= 11 is 0. The van der Waals surface area contributed by atoms with Gasteiger partial charge < -0.3 is 10.2 Å². The van der Waals surface area contributed by atoms with Crippen molar-refractivity contribution in [2.75, 3.05) is 0 Å². The monoisotopic (exact) mass is 280 g/mol. The first kappa shape index (κ1) is 15.4. The topological polar surface area (TPSA) is 57.5 Å². The minimum absolute atomic E-state index is 0.503. The fourth-order valence-electron chi connectivity index (χ4n) is 1.70. The van der Waals surface area contributed by atoms with E-state index in [2.05, 4.69) is 0 Å². The number of aliphatic hydroxyl groups excluding tert-OH is 1. The number of hydrogen-bond donors (Lipinski definition) is 2. The molecule has 1 rings (SSSR count). The number of aliphatic carboxylic acids is 1. The molecule has 0 aliphatic rings. The van der Waals surface area contributed by atoms with Gasteiger partial charge in [-0.3, -0.25) is 0 Å². The molecule has 106 valence electrons. The average Bonchev–Trinajstić information content (AvgIpc) is 2.26. The lowest BCUT2D eigenvalue weighted by Gasteiger charge is -2.29. The fraction of sp³-hybridized carbons (Fsp3) is 0.417. The highest BCUT2D eigenvalue weighted by Crippen LogP contribution is 2.37. The summed E-state index contributed by atoms with van der Waals surface area (Å²) in [6.45, 7) is 2.31. The minimum atomic E-state index is -4.88. The maximum Gasteiger partial charge on any atom is 0.419 e. The second kappa shape index (κ2) is 4.80. The second-order valence-electron chi connectivity index (χ2n) is 4.63. The summed E-state index contributed by atoms with van der Waals surface area (Å²) in [7, 11) is 0. The van der Waals surface area contributed by atoms with Crippen molar-refractivity contribution in [3.05, 3.63) is 35.1 Å². The number of rotatable bonds is 3. The van der Waals surface area contributed by atoms with Crippen LogP contribution in [-0.2, 0) is 16.4 Å². The Morgan fingerprint density at radius 1 is 1.21 bits per heavy atom. The summed E-state index contributed by atoms with van der Waals surface area (Å²) in [4.78, 5) is 10.7. The van der Waals surface area contributed by atoms with Crippen LogP contribution in [0.4, 0.5) is 17.6 Å². The smallest absolute Gasteiger partial charge is 0.419 e. The van der Waals surface area contributed by atoms with Crippen LogP contribution in [0.5, 0.6) is 0 Å². The van der Waals surface area contributed by atoms with Gasteiger partial charge in [0.15, 0.2) is 6.10 Å². The van der Waals surface area contributed by atoms with Gasteiger partial charge in [0.2, 0.25) is 0 Å². The Bertz CT molecular complexity index is 494. The molecule has 0 aromatic heterocycles. The molecule has 0 spiro atoms. The summed E-state index contributed by atoms with van der Waals surface area (Å²) in [5, 5.41) is 18.2. The van der Waals surface area contributed by atoms with Gasteiger partial charge in [-0.15, -0.1) is 0 Å². The summed E-state index contributed by atoms with van der Waals surface area (Å²) in [6, 6.07) is 2.55. The standard InChI is InChI=1S/C12H12F4O3/c1-11(2,9(17)10(18)19)6-4-3-5-7(8(6)13)12(14,15)16/h3-5,9,17H,1-2H3,(H,18,19). The molecule has 1 unspecified atom stereocenters. The van der Waals surface area contributed by atoms with Crippen molar-refractivity contribution >= 4 is 5.97 Å². The molecule has 0 radical (unpaired) electrons. The van der Waals surface area contributed by atoms with Crippen LogP contribution in [0.3, 0.4) is 0 Å². The highest BCUT2D eigenvalue weighted by atomic mass is 19.4. The lowest BCUT2D eigenvalue weighted by molar-refractivity contribution is -0.150. The van der Waals surface area contributed by atoms with Gasteiger partial charge in [0.05, 0.1) is 5.56 Å². The number of halogens is 4. The van der Waals surface area contributed by atoms with E-state index in [1.807, 2.05) is 0 Å². The summed E-state index contributed by atoms with van der Waals surface area (Å²) in [5.41, 5.74) is -3.69. The van der Waals surface area contributed by atoms with Gasteiger partial charge in [-0.05, 0) is 11.6 Å². The Labute approximate surface area is 106 Å². The first-order valence-corrected chi connectivity index (χ1v) is 5.26. The van der Waals surface area contributed by atoms with Crippen LogP contribution in [0.1, 0.15) is 25.0 Å². The van der Waals surface area contributed by atoms with Crippen molar-refractivity contribution in [1.29, 1.82) is 0 Å². The minimum Gasteiger partial charge on any atom is -0.479 e. The van der Waals surface area contributed by atoms with Crippen molar-refractivity contribution in [2.24, 2.45) is 0 Å². The number of carboxylic acid groups (broad SMARTS) is 1. The molecular weight excluding hydrogens is 268 g/mol. The first-order valence-electron chi connectivity index (χ1n) is 5.26. The maximum absolute atomic E-state index is 13.9. The van der Waals surface area contributed by atoms with Gasteiger partial charge >= 0.3 is 12.1 Å². The number of hydrogen-bond acceptors (Lipinski definition) is 2. The van der Waals surface area contributed by atoms with Crippen molar-refractivity contribution in [3.63, 3.8) is 0 Å². The Morgan fingerprint density at radius 3 is 2.11 bits per heavy atom. The van der Waals surface area contributed by atoms with E-state index in [4.69, 9.17) is 5.11 Å². The van der Waals surface area contributed by atoms with Crippen LogP contribution >= 0.6 is 0 Å². The number of carboxylic acids is 1. The van der Waals surface area contributed by atoms with E-state index in [0.29, 0.717) is 6.07 Å². The van der Waals surface area contributed by atoms with Crippen molar-refractivity contribution in [2.45, 2.75) is 31.5 Å². The van der Waals surface area contributed by atoms with Crippen LogP contribution in [-0.4, -0.2) is 22.3 Å². The van der Waals surface area contributed by atoms with E-state index in [-0.39, 0.29) is 0 Å². The largest absolute Gasteiger partial charge is 0.479 e. The van der Waals surface area contributed by atoms with E-state index < -0.39 is 40.6 Å². The Balaban J connectivity index is 3.41. The summed E-state index contributed by atoms with van der Waals surface area (Å²) < 4.78 is 51.5. The fourth-order valence-corrected chi connectivity index (χ4v) is 1.70. The van der Waals surface area contributed by atoms with E-state index >= 15 is 0 Å². The van der Waals surface area contributed by atoms with E-state index in [1.165, 1.54) is 0 Å². The van der Waals surface area contributed by atoms with Crippen molar-refractivity contribution in [1.82, 2.24) is 0 Å². The summed E-state index contributed by atoms with van der Waals surface area (Å²) in [5.74, 6) is -3.21. The molecule has 1 aromatic carbocycles. The maximum atomic E-state index is 13.9. The van der Waals surface area contributed by atoms with Gasteiger partial charge in [0.1, 0.15) is 5.82 Å². The third kappa shape index (κ3) is 2.86. The molecule has 1 atom stereocenters. The van der Waals surface area contributed by atoms with Crippen LogP contribution < -0.4 is 0 Å².